The topological polar surface area (TPSA) is 80.4 Å². The summed E-state index contributed by atoms with van der Waals surface area (Å²) in [5.74, 6) is -1.90. The summed E-state index contributed by atoms with van der Waals surface area (Å²) in [6, 6.07) is 0. The van der Waals surface area contributed by atoms with Crippen molar-refractivity contribution in [3.05, 3.63) is 0 Å². The van der Waals surface area contributed by atoms with Gasteiger partial charge in [0.15, 0.2) is 0 Å². The standard InChI is InChI=1S/C6H10O3.C2H7N/c1-4(2)3-5(7)6(8)9;1-2-3/h4H,3H2,1-2H3,(H,8,9);2-3H2,1H3. The van der Waals surface area contributed by atoms with E-state index in [2.05, 4.69) is 0 Å². The maximum absolute atomic E-state index is 10.4. The molecule has 72 valence electrons. The van der Waals surface area contributed by atoms with Crippen LogP contribution in [-0.2, 0) is 9.59 Å². The Balaban J connectivity index is 0. The minimum atomic E-state index is -1.33. The van der Waals surface area contributed by atoms with Crippen LogP contribution in [0.3, 0.4) is 0 Å². The molecule has 0 aliphatic rings. The third-order valence-electron chi connectivity index (χ3n) is 0.832. The van der Waals surface area contributed by atoms with Gasteiger partial charge in [0, 0.05) is 6.42 Å². The monoisotopic (exact) mass is 175 g/mol. The van der Waals surface area contributed by atoms with Crippen molar-refractivity contribution in [2.24, 2.45) is 11.7 Å². The van der Waals surface area contributed by atoms with Crippen LogP contribution in [0.1, 0.15) is 27.2 Å². The van der Waals surface area contributed by atoms with Gasteiger partial charge in [0.25, 0.3) is 0 Å². The molecule has 4 nitrogen and oxygen atoms in total. The van der Waals surface area contributed by atoms with Gasteiger partial charge < -0.3 is 10.8 Å². The number of hydrogen-bond acceptors (Lipinski definition) is 3. The number of carbonyl (C=O) groups is 2. The number of carbonyl (C=O) groups excluding carboxylic acids is 1. The summed E-state index contributed by atoms with van der Waals surface area (Å²) in [6.07, 6.45) is 0.134. The first-order valence-corrected chi connectivity index (χ1v) is 3.91. The molecule has 0 fully saturated rings. The summed E-state index contributed by atoms with van der Waals surface area (Å²) in [7, 11) is 0. The lowest BCUT2D eigenvalue weighted by atomic mass is 10.1. The quantitative estimate of drug-likeness (QED) is 0.617. The number of rotatable bonds is 3. The fourth-order valence-electron chi connectivity index (χ4n) is 0.458. The lowest BCUT2D eigenvalue weighted by molar-refractivity contribution is -0.149. The maximum atomic E-state index is 10.4. The first-order valence-electron chi connectivity index (χ1n) is 3.91. The van der Waals surface area contributed by atoms with E-state index in [1.807, 2.05) is 6.92 Å². The summed E-state index contributed by atoms with van der Waals surface area (Å²) < 4.78 is 0. The minimum absolute atomic E-state index is 0.133. The molecular weight excluding hydrogens is 158 g/mol. The molecule has 0 saturated heterocycles. The van der Waals surface area contributed by atoms with E-state index in [9.17, 15) is 9.59 Å². The summed E-state index contributed by atoms with van der Waals surface area (Å²) in [6.45, 7) is 6.27. The van der Waals surface area contributed by atoms with Crippen LogP contribution in [0, 0.1) is 5.92 Å². The molecule has 12 heavy (non-hydrogen) atoms. The van der Waals surface area contributed by atoms with E-state index in [-0.39, 0.29) is 12.3 Å². The van der Waals surface area contributed by atoms with Gasteiger partial charge in [-0.05, 0) is 12.5 Å². The van der Waals surface area contributed by atoms with Gasteiger partial charge in [0.2, 0.25) is 5.78 Å². The smallest absolute Gasteiger partial charge is 0.372 e. The predicted molar refractivity (Wildman–Crippen MR) is 46.8 cm³/mol. The first kappa shape index (κ1) is 13.7. The van der Waals surface area contributed by atoms with E-state index in [0.29, 0.717) is 0 Å². The van der Waals surface area contributed by atoms with E-state index < -0.39 is 11.8 Å². The molecule has 0 unspecified atom stereocenters. The molecule has 0 radical (unpaired) electrons. The van der Waals surface area contributed by atoms with Gasteiger partial charge in [-0.3, -0.25) is 4.79 Å². The molecule has 0 saturated carbocycles. The van der Waals surface area contributed by atoms with Crippen molar-refractivity contribution in [2.75, 3.05) is 6.54 Å². The summed E-state index contributed by atoms with van der Waals surface area (Å²) in [5, 5.41) is 8.08. The van der Waals surface area contributed by atoms with Crippen molar-refractivity contribution < 1.29 is 14.7 Å². The van der Waals surface area contributed by atoms with Gasteiger partial charge in [-0.2, -0.15) is 0 Å². The largest absolute Gasteiger partial charge is 0.476 e. The third-order valence-corrected chi connectivity index (χ3v) is 0.832. The molecule has 0 aliphatic heterocycles. The van der Waals surface area contributed by atoms with Crippen LogP contribution in [0.15, 0.2) is 0 Å². The van der Waals surface area contributed by atoms with Crippen molar-refractivity contribution in [1.82, 2.24) is 0 Å². The second kappa shape index (κ2) is 8.20. The summed E-state index contributed by atoms with van der Waals surface area (Å²) in [4.78, 5) is 20.2. The molecule has 4 heteroatoms. The average Bonchev–Trinajstić information content (AvgIpc) is 1.87. The van der Waals surface area contributed by atoms with Gasteiger partial charge in [0.1, 0.15) is 0 Å². The van der Waals surface area contributed by atoms with Crippen molar-refractivity contribution in [3.63, 3.8) is 0 Å². The normalized spacial score (nSPS) is 8.75. The van der Waals surface area contributed by atoms with Gasteiger partial charge in [-0.25, -0.2) is 4.79 Å². The molecule has 3 N–H and O–H groups in total. The van der Waals surface area contributed by atoms with Crippen LogP contribution in [-0.4, -0.2) is 23.4 Å². The fourth-order valence-corrected chi connectivity index (χ4v) is 0.458. The molecule has 0 aromatic carbocycles. The van der Waals surface area contributed by atoms with Crippen LogP contribution >= 0.6 is 0 Å². The van der Waals surface area contributed by atoms with Crippen molar-refractivity contribution in [2.45, 2.75) is 27.2 Å². The molecular formula is C8H17NO3. The molecule has 0 spiro atoms. The molecule has 0 amide bonds. The summed E-state index contributed by atoms with van der Waals surface area (Å²) in [5.41, 5.74) is 4.85. The van der Waals surface area contributed by atoms with Crippen molar-refractivity contribution >= 4 is 11.8 Å². The van der Waals surface area contributed by atoms with Crippen LogP contribution in [0.2, 0.25) is 0 Å². The molecule has 0 aromatic rings. The van der Waals surface area contributed by atoms with E-state index in [0.717, 1.165) is 6.54 Å². The van der Waals surface area contributed by atoms with Gasteiger partial charge in [-0.15, -0.1) is 0 Å². The Kier molecular flexibility index (Phi) is 9.34. The number of Topliss-reactive ketones (excluding diaryl/α,β-unsaturated/α-hetero) is 1. The second-order valence-corrected chi connectivity index (χ2v) is 2.73. The number of carboxylic acids is 1. The van der Waals surface area contributed by atoms with Gasteiger partial charge in [0.05, 0.1) is 0 Å². The number of aliphatic carboxylic acids is 1. The Morgan fingerprint density at radius 3 is 1.83 bits per heavy atom. The minimum Gasteiger partial charge on any atom is -0.476 e. The molecule has 0 aromatic heterocycles. The van der Waals surface area contributed by atoms with Gasteiger partial charge in [-0.1, -0.05) is 20.8 Å². The highest BCUT2D eigenvalue weighted by Crippen LogP contribution is 1.99. The molecule has 0 aliphatic carbocycles. The predicted octanol–water partition coefficient (Wildman–Crippen LogP) is 0.651. The zero-order valence-corrected chi connectivity index (χ0v) is 7.83. The number of nitrogens with two attached hydrogens (primary N) is 1. The number of hydrogen-bond donors (Lipinski definition) is 2. The average molecular weight is 175 g/mol. The third kappa shape index (κ3) is 11.8. The highest BCUT2D eigenvalue weighted by Gasteiger charge is 2.11. The lowest BCUT2D eigenvalue weighted by Gasteiger charge is -1.97. The molecule has 0 atom stereocenters. The van der Waals surface area contributed by atoms with Crippen molar-refractivity contribution in [3.8, 4) is 0 Å². The molecule has 0 heterocycles. The van der Waals surface area contributed by atoms with Crippen molar-refractivity contribution in [1.29, 1.82) is 0 Å². The Hall–Kier alpha value is -0.900. The Morgan fingerprint density at radius 1 is 1.42 bits per heavy atom. The van der Waals surface area contributed by atoms with Crippen LogP contribution in [0.4, 0.5) is 0 Å². The lowest BCUT2D eigenvalue weighted by Crippen LogP contribution is -2.14. The maximum Gasteiger partial charge on any atom is 0.372 e. The highest BCUT2D eigenvalue weighted by molar-refractivity contribution is 6.32. The highest BCUT2D eigenvalue weighted by atomic mass is 16.4. The van der Waals surface area contributed by atoms with E-state index in [4.69, 9.17) is 10.8 Å². The van der Waals surface area contributed by atoms with E-state index in [1.165, 1.54) is 0 Å². The van der Waals surface area contributed by atoms with E-state index in [1.54, 1.807) is 13.8 Å². The Labute approximate surface area is 72.8 Å². The fraction of sp³-hybridized carbons (Fsp3) is 0.750. The molecule has 0 bridgehead atoms. The summed E-state index contributed by atoms with van der Waals surface area (Å²) >= 11 is 0. The number of carboxylic acid groups (broad SMARTS) is 1. The Morgan fingerprint density at radius 2 is 1.75 bits per heavy atom. The van der Waals surface area contributed by atoms with Crippen LogP contribution in [0.5, 0.6) is 0 Å². The van der Waals surface area contributed by atoms with Gasteiger partial charge >= 0.3 is 5.97 Å². The zero-order valence-electron chi connectivity index (χ0n) is 7.83. The van der Waals surface area contributed by atoms with Crippen LogP contribution in [0.25, 0.3) is 0 Å². The molecule has 0 rings (SSSR count). The SMILES string of the molecule is CC(C)CC(=O)C(=O)O.CCN. The number of ketones is 1. The Bertz CT molecular complexity index is 143. The van der Waals surface area contributed by atoms with E-state index >= 15 is 0 Å². The first-order chi connectivity index (χ1) is 5.45. The zero-order chi connectivity index (χ0) is 10.1. The second-order valence-electron chi connectivity index (χ2n) is 2.73. The van der Waals surface area contributed by atoms with Crippen LogP contribution < -0.4 is 5.73 Å².